The summed E-state index contributed by atoms with van der Waals surface area (Å²) in [6.45, 7) is 10.6. The molecule has 0 amide bonds. The third-order valence-electron chi connectivity index (χ3n) is 3.97. The molecule has 0 aromatic carbocycles. The van der Waals surface area contributed by atoms with Gasteiger partial charge in [0.15, 0.2) is 0 Å². The van der Waals surface area contributed by atoms with Crippen molar-refractivity contribution in [3.05, 3.63) is 0 Å². The Labute approximate surface area is 93.8 Å². The van der Waals surface area contributed by atoms with Crippen LogP contribution in [0.3, 0.4) is 0 Å². The van der Waals surface area contributed by atoms with E-state index >= 15 is 0 Å². The van der Waals surface area contributed by atoms with Crippen molar-refractivity contribution in [3.63, 3.8) is 0 Å². The molecule has 2 fully saturated rings. The highest BCUT2D eigenvalue weighted by atomic mass is 15.3. The summed E-state index contributed by atoms with van der Waals surface area (Å²) in [6, 6.07) is 2.84. The SMILES string of the molecule is CC1CN(C2CC(C)N(C)C2)CC(C)N1. The lowest BCUT2D eigenvalue weighted by Gasteiger charge is -2.39. The first-order valence-corrected chi connectivity index (χ1v) is 6.26. The van der Waals surface area contributed by atoms with Crippen LogP contribution in [0.5, 0.6) is 0 Å². The van der Waals surface area contributed by atoms with Crippen LogP contribution in [0.25, 0.3) is 0 Å². The first-order chi connectivity index (χ1) is 7.06. The topological polar surface area (TPSA) is 18.5 Å². The largest absolute Gasteiger partial charge is 0.309 e. The molecule has 2 aliphatic rings. The van der Waals surface area contributed by atoms with E-state index in [2.05, 4.69) is 42.9 Å². The highest BCUT2D eigenvalue weighted by Gasteiger charge is 2.33. The van der Waals surface area contributed by atoms with Gasteiger partial charge in [-0.1, -0.05) is 0 Å². The zero-order valence-corrected chi connectivity index (χ0v) is 10.5. The molecule has 0 aromatic rings. The molecule has 4 atom stereocenters. The van der Waals surface area contributed by atoms with Crippen LogP contribution in [0, 0.1) is 0 Å². The minimum absolute atomic E-state index is 0.648. The van der Waals surface area contributed by atoms with Crippen LogP contribution in [-0.4, -0.2) is 60.6 Å². The van der Waals surface area contributed by atoms with Crippen LogP contribution in [0.4, 0.5) is 0 Å². The molecule has 1 N–H and O–H groups in total. The molecular weight excluding hydrogens is 186 g/mol. The zero-order valence-electron chi connectivity index (χ0n) is 10.5. The van der Waals surface area contributed by atoms with Crippen molar-refractivity contribution >= 4 is 0 Å². The molecular formula is C12H25N3. The average molecular weight is 211 g/mol. The van der Waals surface area contributed by atoms with Gasteiger partial charge in [0, 0.05) is 43.8 Å². The lowest BCUT2D eigenvalue weighted by Crippen LogP contribution is -2.57. The van der Waals surface area contributed by atoms with E-state index in [-0.39, 0.29) is 0 Å². The normalized spacial score (nSPS) is 44.8. The van der Waals surface area contributed by atoms with Crippen molar-refractivity contribution in [1.29, 1.82) is 0 Å². The monoisotopic (exact) mass is 211 g/mol. The van der Waals surface area contributed by atoms with E-state index in [1.807, 2.05) is 0 Å². The number of likely N-dealkylation sites (N-methyl/N-ethyl adjacent to an activating group) is 1. The Bertz CT molecular complexity index is 199. The summed E-state index contributed by atoms with van der Waals surface area (Å²) in [5.74, 6) is 0. The standard InChI is InChI=1S/C12H25N3/c1-9-6-15(7-10(2)13-9)12-5-11(3)14(4)8-12/h9-13H,5-8H2,1-4H3. The lowest BCUT2D eigenvalue weighted by atomic mass is 10.1. The second-order valence-corrected chi connectivity index (χ2v) is 5.60. The van der Waals surface area contributed by atoms with Gasteiger partial charge in [-0.3, -0.25) is 4.90 Å². The van der Waals surface area contributed by atoms with Crippen LogP contribution in [0.15, 0.2) is 0 Å². The molecule has 0 saturated carbocycles. The fourth-order valence-corrected chi connectivity index (χ4v) is 3.09. The first-order valence-electron chi connectivity index (χ1n) is 6.26. The third kappa shape index (κ3) is 2.52. The van der Waals surface area contributed by atoms with Crippen molar-refractivity contribution in [3.8, 4) is 0 Å². The fraction of sp³-hybridized carbons (Fsp3) is 1.00. The second-order valence-electron chi connectivity index (χ2n) is 5.60. The van der Waals surface area contributed by atoms with Crippen LogP contribution >= 0.6 is 0 Å². The zero-order chi connectivity index (χ0) is 11.0. The van der Waals surface area contributed by atoms with Crippen molar-refractivity contribution in [1.82, 2.24) is 15.1 Å². The number of hydrogen-bond acceptors (Lipinski definition) is 3. The molecule has 0 radical (unpaired) electrons. The van der Waals surface area contributed by atoms with E-state index in [9.17, 15) is 0 Å². The molecule has 2 rings (SSSR count). The van der Waals surface area contributed by atoms with Gasteiger partial charge in [-0.25, -0.2) is 0 Å². The van der Waals surface area contributed by atoms with Crippen molar-refractivity contribution in [2.75, 3.05) is 26.7 Å². The number of hydrogen-bond donors (Lipinski definition) is 1. The maximum atomic E-state index is 3.60. The summed E-state index contributed by atoms with van der Waals surface area (Å²) in [5.41, 5.74) is 0. The van der Waals surface area contributed by atoms with E-state index < -0.39 is 0 Å². The van der Waals surface area contributed by atoms with Crippen LogP contribution in [0.2, 0.25) is 0 Å². The highest BCUT2D eigenvalue weighted by Crippen LogP contribution is 2.21. The van der Waals surface area contributed by atoms with Gasteiger partial charge in [-0.05, 0) is 34.2 Å². The molecule has 2 saturated heterocycles. The van der Waals surface area contributed by atoms with Gasteiger partial charge < -0.3 is 10.2 Å². The Morgan fingerprint density at radius 1 is 1.00 bits per heavy atom. The third-order valence-corrected chi connectivity index (χ3v) is 3.97. The maximum absolute atomic E-state index is 3.60. The molecule has 0 aliphatic carbocycles. The van der Waals surface area contributed by atoms with Gasteiger partial charge in [0.2, 0.25) is 0 Å². The number of nitrogens with one attached hydrogen (secondary N) is 1. The van der Waals surface area contributed by atoms with Crippen molar-refractivity contribution in [2.24, 2.45) is 0 Å². The lowest BCUT2D eigenvalue weighted by molar-refractivity contribution is 0.126. The molecule has 2 aliphatic heterocycles. The number of likely N-dealkylation sites (tertiary alicyclic amines) is 1. The van der Waals surface area contributed by atoms with Crippen LogP contribution in [-0.2, 0) is 0 Å². The first kappa shape index (κ1) is 11.4. The Hall–Kier alpha value is -0.120. The quantitative estimate of drug-likeness (QED) is 0.691. The fourth-order valence-electron chi connectivity index (χ4n) is 3.09. The van der Waals surface area contributed by atoms with Crippen molar-refractivity contribution in [2.45, 2.75) is 51.4 Å². The average Bonchev–Trinajstić information content (AvgIpc) is 2.45. The van der Waals surface area contributed by atoms with Gasteiger partial charge >= 0.3 is 0 Å². The molecule has 3 heteroatoms. The van der Waals surface area contributed by atoms with Gasteiger partial charge in [0.05, 0.1) is 0 Å². The predicted octanol–water partition coefficient (Wildman–Crippen LogP) is 0.761. The second kappa shape index (κ2) is 4.40. The molecule has 3 nitrogen and oxygen atoms in total. The van der Waals surface area contributed by atoms with E-state index in [4.69, 9.17) is 0 Å². The van der Waals surface area contributed by atoms with Crippen LogP contribution < -0.4 is 5.32 Å². The summed E-state index contributed by atoms with van der Waals surface area (Å²) in [6.07, 6.45) is 1.34. The highest BCUT2D eigenvalue weighted by molar-refractivity contribution is 4.91. The molecule has 2 heterocycles. The number of piperazine rings is 1. The van der Waals surface area contributed by atoms with Gasteiger partial charge in [-0.2, -0.15) is 0 Å². The summed E-state index contributed by atoms with van der Waals surface area (Å²) in [4.78, 5) is 5.17. The predicted molar refractivity (Wildman–Crippen MR) is 64.1 cm³/mol. The van der Waals surface area contributed by atoms with Gasteiger partial charge in [-0.15, -0.1) is 0 Å². The number of nitrogens with zero attached hydrogens (tertiary/aromatic N) is 2. The molecule has 0 spiro atoms. The summed E-state index contributed by atoms with van der Waals surface area (Å²) < 4.78 is 0. The minimum Gasteiger partial charge on any atom is -0.309 e. The smallest absolute Gasteiger partial charge is 0.0239 e. The molecule has 4 unspecified atom stereocenters. The van der Waals surface area contributed by atoms with E-state index in [0.29, 0.717) is 12.1 Å². The Balaban J connectivity index is 1.93. The van der Waals surface area contributed by atoms with Crippen molar-refractivity contribution < 1.29 is 0 Å². The van der Waals surface area contributed by atoms with Gasteiger partial charge in [0.1, 0.15) is 0 Å². The summed E-state index contributed by atoms with van der Waals surface area (Å²) in [5, 5.41) is 3.60. The van der Waals surface area contributed by atoms with E-state index in [1.165, 1.54) is 26.1 Å². The summed E-state index contributed by atoms with van der Waals surface area (Å²) >= 11 is 0. The van der Waals surface area contributed by atoms with Gasteiger partial charge in [0.25, 0.3) is 0 Å². The molecule has 15 heavy (non-hydrogen) atoms. The van der Waals surface area contributed by atoms with E-state index in [0.717, 1.165) is 12.1 Å². The molecule has 0 bridgehead atoms. The maximum Gasteiger partial charge on any atom is 0.0239 e. The minimum atomic E-state index is 0.648. The van der Waals surface area contributed by atoms with Crippen LogP contribution in [0.1, 0.15) is 27.2 Å². The Kier molecular flexibility index (Phi) is 3.33. The van der Waals surface area contributed by atoms with E-state index in [1.54, 1.807) is 0 Å². The summed E-state index contributed by atoms with van der Waals surface area (Å²) in [7, 11) is 2.25. The molecule has 0 aromatic heterocycles. The molecule has 88 valence electrons. The Morgan fingerprint density at radius 3 is 2.07 bits per heavy atom. The Morgan fingerprint density at radius 2 is 1.60 bits per heavy atom. The number of rotatable bonds is 1.